The van der Waals surface area contributed by atoms with Crippen LogP contribution in [-0.2, 0) is 0 Å². The van der Waals surface area contributed by atoms with Crippen LogP contribution in [0.5, 0.6) is 0 Å². The second kappa shape index (κ2) is 6.73. The standard InChI is InChI=1S/C10H21N.ClH/c1-3-7-11-10-6-4-5-9(2)8-10;/h9-11H,3-8H2,1-2H3;1H. The van der Waals surface area contributed by atoms with E-state index in [0.29, 0.717) is 0 Å². The Kier molecular flexibility index (Phi) is 6.87. The molecule has 0 heterocycles. The summed E-state index contributed by atoms with van der Waals surface area (Å²) < 4.78 is 0. The Morgan fingerprint density at radius 3 is 2.67 bits per heavy atom. The minimum Gasteiger partial charge on any atom is -0.314 e. The summed E-state index contributed by atoms with van der Waals surface area (Å²) >= 11 is 0. The number of hydrogen-bond donors (Lipinski definition) is 1. The molecule has 1 saturated carbocycles. The fourth-order valence-electron chi connectivity index (χ4n) is 1.97. The van der Waals surface area contributed by atoms with Crippen molar-refractivity contribution in [2.75, 3.05) is 6.54 Å². The molecule has 0 aliphatic heterocycles. The van der Waals surface area contributed by atoms with Crippen LogP contribution in [0.25, 0.3) is 0 Å². The van der Waals surface area contributed by atoms with Gasteiger partial charge in [0.25, 0.3) is 0 Å². The molecular weight excluding hydrogens is 170 g/mol. The lowest BCUT2D eigenvalue weighted by molar-refractivity contribution is 0.302. The molecule has 2 heteroatoms. The maximum absolute atomic E-state index is 3.60. The van der Waals surface area contributed by atoms with E-state index in [1.54, 1.807) is 0 Å². The van der Waals surface area contributed by atoms with Crippen molar-refractivity contribution < 1.29 is 0 Å². The molecule has 0 aromatic carbocycles. The van der Waals surface area contributed by atoms with Crippen molar-refractivity contribution in [3.05, 3.63) is 0 Å². The normalized spacial score (nSPS) is 29.5. The fourth-order valence-corrected chi connectivity index (χ4v) is 1.97. The largest absolute Gasteiger partial charge is 0.314 e. The van der Waals surface area contributed by atoms with Crippen molar-refractivity contribution in [1.29, 1.82) is 0 Å². The first kappa shape index (κ1) is 12.2. The molecule has 0 aromatic heterocycles. The molecule has 0 saturated heterocycles. The number of halogens is 1. The van der Waals surface area contributed by atoms with E-state index in [1.165, 1.54) is 38.6 Å². The monoisotopic (exact) mass is 191 g/mol. The zero-order chi connectivity index (χ0) is 8.10. The molecule has 1 nitrogen and oxygen atoms in total. The lowest BCUT2D eigenvalue weighted by Gasteiger charge is -2.27. The maximum Gasteiger partial charge on any atom is 0.00695 e. The van der Waals surface area contributed by atoms with Crippen LogP contribution >= 0.6 is 12.4 Å². The molecule has 0 bridgehead atoms. The van der Waals surface area contributed by atoms with E-state index >= 15 is 0 Å². The molecular formula is C10H22ClN. The summed E-state index contributed by atoms with van der Waals surface area (Å²) in [7, 11) is 0. The van der Waals surface area contributed by atoms with Crippen LogP contribution in [0.2, 0.25) is 0 Å². The van der Waals surface area contributed by atoms with Gasteiger partial charge in [0.1, 0.15) is 0 Å². The van der Waals surface area contributed by atoms with Crippen molar-refractivity contribution >= 4 is 12.4 Å². The third-order valence-corrected chi connectivity index (χ3v) is 2.62. The topological polar surface area (TPSA) is 12.0 Å². The number of hydrogen-bond acceptors (Lipinski definition) is 1. The van der Waals surface area contributed by atoms with Gasteiger partial charge in [-0.25, -0.2) is 0 Å². The molecule has 0 radical (unpaired) electrons. The van der Waals surface area contributed by atoms with E-state index in [2.05, 4.69) is 19.2 Å². The first-order valence-electron chi connectivity index (χ1n) is 5.06. The van der Waals surface area contributed by atoms with Crippen LogP contribution < -0.4 is 5.32 Å². The zero-order valence-corrected chi connectivity index (χ0v) is 9.12. The van der Waals surface area contributed by atoms with Gasteiger partial charge in [-0.3, -0.25) is 0 Å². The Balaban J connectivity index is 0.00000121. The fraction of sp³-hybridized carbons (Fsp3) is 1.00. The van der Waals surface area contributed by atoms with Gasteiger partial charge in [0.15, 0.2) is 0 Å². The first-order chi connectivity index (χ1) is 5.33. The Morgan fingerprint density at radius 2 is 2.08 bits per heavy atom. The van der Waals surface area contributed by atoms with E-state index in [4.69, 9.17) is 0 Å². The van der Waals surface area contributed by atoms with Gasteiger partial charge in [-0.15, -0.1) is 12.4 Å². The Labute approximate surface area is 82.7 Å². The van der Waals surface area contributed by atoms with Crippen LogP contribution in [0.1, 0.15) is 46.0 Å². The molecule has 1 rings (SSSR count). The van der Waals surface area contributed by atoms with Crippen LogP contribution in [0.4, 0.5) is 0 Å². The molecule has 0 aromatic rings. The predicted molar refractivity (Wildman–Crippen MR) is 57.0 cm³/mol. The molecule has 12 heavy (non-hydrogen) atoms. The van der Waals surface area contributed by atoms with Gasteiger partial charge in [-0.05, 0) is 31.7 Å². The van der Waals surface area contributed by atoms with Crippen LogP contribution in [0.3, 0.4) is 0 Å². The van der Waals surface area contributed by atoms with Crippen molar-refractivity contribution in [2.45, 2.75) is 52.0 Å². The van der Waals surface area contributed by atoms with E-state index in [0.717, 1.165) is 12.0 Å². The molecule has 0 spiro atoms. The van der Waals surface area contributed by atoms with Gasteiger partial charge < -0.3 is 5.32 Å². The van der Waals surface area contributed by atoms with Gasteiger partial charge in [-0.2, -0.15) is 0 Å². The summed E-state index contributed by atoms with van der Waals surface area (Å²) in [5, 5.41) is 3.60. The first-order valence-corrected chi connectivity index (χ1v) is 5.06. The summed E-state index contributed by atoms with van der Waals surface area (Å²) in [4.78, 5) is 0. The third-order valence-electron chi connectivity index (χ3n) is 2.62. The number of rotatable bonds is 3. The van der Waals surface area contributed by atoms with Crippen LogP contribution in [0, 0.1) is 5.92 Å². The van der Waals surface area contributed by atoms with E-state index in [9.17, 15) is 0 Å². The Morgan fingerprint density at radius 1 is 1.33 bits per heavy atom. The summed E-state index contributed by atoms with van der Waals surface area (Å²) in [5.41, 5.74) is 0. The molecule has 74 valence electrons. The van der Waals surface area contributed by atoms with Gasteiger partial charge in [0.05, 0.1) is 0 Å². The van der Waals surface area contributed by atoms with Crippen molar-refractivity contribution in [1.82, 2.24) is 5.32 Å². The SMILES string of the molecule is CCCNC1CCCC(C)C1.Cl. The van der Waals surface area contributed by atoms with Crippen molar-refractivity contribution in [2.24, 2.45) is 5.92 Å². The molecule has 1 N–H and O–H groups in total. The average molecular weight is 192 g/mol. The molecule has 2 unspecified atom stereocenters. The summed E-state index contributed by atoms with van der Waals surface area (Å²) in [6.45, 7) is 5.82. The summed E-state index contributed by atoms with van der Waals surface area (Å²) in [6.07, 6.45) is 6.96. The van der Waals surface area contributed by atoms with E-state index in [1.807, 2.05) is 0 Å². The van der Waals surface area contributed by atoms with Gasteiger partial charge >= 0.3 is 0 Å². The number of nitrogens with one attached hydrogen (secondary N) is 1. The highest BCUT2D eigenvalue weighted by atomic mass is 35.5. The zero-order valence-electron chi connectivity index (χ0n) is 8.31. The van der Waals surface area contributed by atoms with Crippen LogP contribution in [-0.4, -0.2) is 12.6 Å². The highest BCUT2D eigenvalue weighted by molar-refractivity contribution is 5.85. The highest BCUT2D eigenvalue weighted by Gasteiger charge is 2.17. The Bertz CT molecular complexity index is 106. The van der Waals surface area contributed by atoms with E-state index < -0.39 is 0 Å². The molecule has 1 aliphatic rings. The van der Waals surface area contributed by atoms with Crippen LogP contribution in [0.15, 0.2) is 0 Å². The van der Waals surface area contributed by atoms with Gasteiger partial charge in [0.2, 0.25) is 0 Å². The van der Waals surface area contributed by atoms with Crippen molar-refractivity contribution in [3.8, 4) is 0 Å². The van der Waals surface area contributed by atoms with E-state index in [-0.39, 0.29) is 12.4 Å². The maximum atomic E-state index is 3.60. The highest BCUT2D eigenvalue weighted by Crippen LogP contribution is 2.23. The molecule has 1 aliphatic carbocycles. The minimum absolute atomic E-state index is 0. The predicted octanol–water partition coefficient (Wildman–Crippen LogP) is 2.99. The molecule has 2 atom stereocenters. The molecule has 1 fully saturated rings. The second-order valence-electron chi connectivity index (χ2n) is 3.92. The minimum atomic E-state index is 0. The lowest BCUT2D eigenvalue weighted by atomic mass is 9.87. The Hall–Kier alpha value is 0.250. The average Bonchev–Trinajstić information content (AvgIpc) is 2.01. The second-order valence-corrected chi connectivity index (χ2v) is 3.92. The third kappa shape index (κ3) is 4.32. The quantitative estimate of drug-likeness (QED) is 0.724. The summed E-state index contributed by atoms with van der Waals surface area (Å²) in [6, 6.07) is 0.832. The molecule has 0 amide bonds. The van der Waals surface area contributed by atoms with Gasteiger partial charge in [0, 0.05) is 6.04 Å². The smallest absolute Gasteiger partial charge is 0.00695 e. The summed E-state index contributed by atoms with van der Waals surface area (Å²) in [5.74, 6) is 0.957. The lowest BCUT2D eigenvalue weighted by Crippen LogP contribution is -2.33. The van der Waals surface area contributed by atoms with Crippen molar-refractivity contribution in [3.63, 3.8) is 0 Å². The van der Waals surface area contributed by atoms with Gasteiger partial charge in [-0.1, -0.05) is 26.7 Å².